The first-order valence-electron chi connectivity index (χ1n) is 4.75. The first kappa shape index (κ1) is 15.8. The Bertz CT molecular complexity index is 554. The molecule has 0 atom stereocenters. The third-order valence-electron chi connectivity index (χ3n) is 2.11. The van der Waals surface area contributed by atoms with Crippen LogP contribution in [0.15, 0.2) is 18.2 Å². The Labute approximate surface area is 107 Å². The molecule has 0 aliphatic heterocycles. The molecule has 0 bridgehead atoms. The zero-order valence-electron chi connectivity index (χ0n) is 9.26. The van der Waals surface area contributed by atoms with E-state index in [1.54, 1.807) is 0 Å². The Morgan fingerprint density at radius 2 is 1.65 bits per heavy atom. The maximum Gasteiger partial charge on any atom is 0.463 e. The van der Waals surface area contributed by atoms with Crippen LogP contribution in [-0.4, -0.2) is 29.1 Å². The molecule has 0 aliphatic rings. The fraction of sp³-hybridized carbons (Fsp3) is 0.200. The monoisotopic (exact) mass is 301 g/mol. The minimum Gasteiger partial charge on any atom is -0.478 e. The van der Waals surface area contributed by atoms with Gasteiger partial charge in [-0.1, -0.05) is 0 Å². The lowest BCUT2D eigenvalue weighted by atomic mass is 10.2. The summed E-state index contributed by atoms with van der Waals surface area (Å²) in [6.45, 7) is 0. The van der Waals surface area contributed by atoms with Crippen LogP contribution in [0.5, 0.6) is 0 Å². The fourth-order valence-electron chi connectivity index (χ4n) is 1.08. The lowest BCUT2D eigenvalue weighted by Gasteiger charge is -2.18. The molecule has 0 spiro atoms. The van der Waals surface area contributed by atoms with Crippen molar-refractivity contribution in [2.45, 2.75) is 12.1 Å². The van der Waals surface area contributed by atoms with E-state index in [-0.39, 0.29) is 0 Å². The topological polar surface area (TPSA) is 66.4 Å². The summed E-state index contributed by atoms with van der Waals surface area (Å²) in [6.07, 6.45) is -6.13. The van der Waals surface area contributed by atoms with Crippen LogP contribution in [0.2, 0.25) is 0 Å². The van der Waals surface area contributed by atoms with Crippen LogP contribution in [0.1, 0.15) is 10.4 Å². The second kappa shape index (κ2) is 5.02. The first-order valence-corrected chi connectivity index (χ1v) is 4.75. The molecule has 1 rings (SSSR count). The third-order valence-corrected chi connectivity index (χ3v) is 2.11. The van der Waals surface area contributed by atoms with Gasteiger partial charge in [-0.25, -0.2) is 9.18 Å². The van der Waals surface area contributed by atoms with E-state index in [2.05, 4.69) is 0 Å². The number of halogens is 6. The molecule has 0 aliphatic carbocycles. The zero-order valence-corrected chi connectivity index (χ0v) is 9.26. The number of carbonyl (C=O) groups is 2. The van der Waals surface area contributed by atoms with Crippen molar-refractivity contribution in [3.8, 4) is 0 Å². The van der Waals surface area contributed by atoms with Crippen LogP contribution >= 0.6 is 0 Å². The van der Waals surface area contributed by atoms with Gasteiger partial charge >= 0.3 is 24.0 Å². The maximum absolute atomic E-state index is 13.3. The van der Waals surface area contributed by atoms with Gasteiger partial charge in [0.15, 0.2) is 0 Å². The quantitative estimate of drug-likeness (QED) is 0.843. The number of anilines is 1. The van der Waals surface area contributed by atoms with Crippen LogP contribution in [-0.2, 0) is 4.79 Å². The van der Waals surface area contributed by atoms with Crippen LogP contribution in [0.25, 0.3) is 0 Å². The molecule has 0 radical (unpaired) electrons. The number of carbonyl (C=O) groups excluding carboxylic acids is 1. The maximum atomic E-state index is 13.3. The summed E-state index contributed by atoms with van der Waals surface area (Å²) in [7, 11) is 0. The molecule has 1 aromatic carbocycles. The van der Waals surface area contributed by atoms with E-state index in [1.807, 2.05) is 0 Å². The van der Waals surface area contributed by atoms with Crippen molar-refractivity contribution in [1.82, 2.24) is 0 Å². The molecule has 20 heavy (non-hydrogen) atoms. The predicted octanol–water partition coefficient (Wildman–Crippen LogP) is 2.66. The number of hydrogen-bond donors (Lipinski definition) is 2. The Morgan fingerprint density at radius 3 is 2.05 bits per heavy atom. The lowest BCUT2D eigenvalue weighted by Crippen LogP contribution is -2.47. The molecular weight excluding hydrogens is 296 g/mol. The number of nitrogens with one attached hydrogen (secondary N) is 1. The number of aromatic carboxylic acids is 1. The van der Waals surface area contributed by atoms with Gasteiger partial charge in [0, 0.05) is 0 Å². The van der Waals surface area contributed by atoms with Crippen molar-refractivity contribution < 1.29 is 41.0 Å². The average Bonchev–Trinajstić information content (AvgIpc) is 2.29. The van der Waals surface area contributed by atoms with Gasteiger partial charge in [0.05, 0.1) is 11.3 Å². The highest BCUT2D eigenvalue weighted by molar-refractivity contribution is 5.97. The minimum atomic E-state index is -6.13. The van der Waals surface area contributed by atoms with Crippen molar-refractivity contribution in [1.29, 1.82) is 0 Å². The van der Waals surface area contributed by atoms with Gasteiger partial charge in [-0.15, -0.1) is 0 Å². The minimum absolute atomic E-state index is 0.365. The lowest BCUT2D eigenvalue weighted by molar-refractivity contribution is -0.267. The summed E-state index contributed by atoms with van der Waals surface area (Å²) < 4.78 is 74.1. The SMILES string of the molecule is O=C(O)c1ccc(NC(=O)C(F)(F)C(F)(F)F)c(F)c1. The molecule has 0 fully saturated rings. The Hall–Kier alpha value is -2.26. The number of alkyl halides is 5. The van der Waals surface area contributed by atoms with Crippen molar-refractivity contribution in [2.24, 2.45) is 0 Å². The summed E-state index contributed by atoms with van der Waals surface area (Å²) in [5, 5.41) is 9.54. The largest absolute Gasteiger partial charge is 0.478 e. The van der Waals surface area contributed by atoms with Crippen LogP contribution < -0.4 is 5.32 Å². The summed E-state index contributed by atoms with van der Waals surface area (Å²) in [4.78, 5) is 21.2. The third kappa shape index (κ3) is 3.00. The van der Waals surface area contributed by atoms with Crippen LogP contribution in [0.4, 0.5) is 32.0 Å². The molecule has 0 saturated carbocycles. The number of carboxylic acids is 1. The highest BCUT2D eigenvalue weighted by Gasteiger charge is 2.63. The van der Waals surface area contributed by atoms with E-state index in [0.29, 0.717) is 12.1 Å². The van der Waals surface area contributed by atoms with Crippen molar-refractivity contribution in [3.63, 3.8) is 0 Å². The molecule has 0 unspecified atom stereocenters. The number of rotatable bonds is 3. The summed E-state index contributed by atoms with van der Waals surface area (Å²) in [6, 6.07) is 1.65. The van der Waals surface area contributed by atoms with Gasteiger partial charge in [-0.05, 0) is 18.2 Å². The fourth-order valence-corrected chi connectivity index (χ4v) is 1.08. The Kier molecular flexibility index (Phi) is 3.97. The molecule has 2 N–H and O–H groups in total. The molecule has 0 aromatic heterocycles. The van der Waals surface area contributed by atoms with Gasteiger partial charge in [-0.2, -0.15) is 22.0 Å². The van der Waals surface area contributed by atoms with Gasteiger partial charge < -0.3 is 10.4 Å². The number of carboxylic acid groups (broad SMARTS) is 1. The molecule has 1 amide bonds. The Balaban J connectivity index is 3.00. The second-order valence-electron chi connectivity index (χ2n) is 3.53. The summed E-state index contributed by atoms with van der Waals surface area (Å²) in [5.41, 5.74) is -1.56. The standard InChI is InChI=1S/C10H5F6NO3/c11-5-3-4(7(18)19)1-2-6(5)17-8(20)9(12,13)10(14,15)16/h1-3H,(H,17,20)(H,18,19). The van der Waals surface area contributed by atoms with E-state index < -0.39 is 41.0 Å². The van der Waals surface area contributed by atoms with Crippen LogP contribution in [0.3, 0.4) is 0 Å². The normalized spacial score (nSPS) is 12.1. The van der Waals surface area contributed by atoms with Gasteiger partial charge in [-0.3, -0.25) is 4.79 Å². The van der Waals surface area contributed by atoms with E-state index in [1.165, 1.54) is 0 Å². The second-order valence-corrected chi connectivity index (χ2v) is 3.53. The highest BCUT2D eigenvalue weighted by Crippen LogP contribution is 2.36. The molecule has 0 saturated heterocycles. The smallest absolute Gasteiger partial charge is 0.463 e. The van der Waals surface area contributed by atoms with Gasteiger partial charge in [0.2, 0.25) is 0 Å². The van der Waals surface area contributed by atoms with Crippen molar-refractivity contribution in [2.75, 3.05) is 5.32 Å². The number of benzene rings is 1. The first-order chi connectivity index (χ1) is 8.96. The molecule has 4 nitrogen and oxygen atoms in total. The molecule has 0 heterocycles. The summed E-state index contributed by atoms with van der Waals surface area (Å²) in [5.74, 6) is -11.5. The van der Waals surface area contributed by atoms with Crippen LogP contribution in [0, 0.1) is 5.82 Å². The summed E-state index contributed by atoms with van der Waals surface area (Å²) >= 11 is 0. The van der Waals surface area contributed by atoms with E-state index in [4.69, 9.17) is 5.11 Å². The Morgan fingerprint density at radius 1 is 1.10 bits per heavy atom. The van der Waals surface area contributed by atoms with Gasteiger partial charge in [0.25, 0.3) is 0 Å². The molecule has 10 heteroatoms. The molecule has 1 aromatic rings. The highest BCUT2D eigenvalue weighted by atomic mass is 19.4. The van der Waals surface area contributed by atoms with Crippen molar-refractivity contribution >= 4 is 17.6 Å². The van der Waals surface area contributed by atoms with E-state index >= 15 is 0 Å². The predicted molar refractivity (Wildman–Crippen MR) is 53.0 cm³/mol. The molecular formula is C10H5F6NO3. The van der Waals surface area contributed by atoms with Crippen molar-refractivity contribution in [3.05, 3.63) is 29.6 Å². The van der Waals surface area contributed by atoms with E-state index in [9.17, 15) is 35.9 Å². The number of amides is 1. The average molecular weight is 301 g/mol. The van der Waals surface area contributed by atoms with Gasteiger partial charge in [0.1, 0.15) is 5.82 Å². The number of hydrogen-bond acceptors (Lipinski definition) is 2. The molecule has 110 valence electrons. The zero-order chi connectivity index (χ0) is 15.7. The van der Waals surface area contributed by atoms with E-state index in [0.717, 1.165) is 11.4 Å².